The Bertz CT molecular complexity index is 449. The quantitative estimate of drug-likeness (QED) is 0.776. The van der Waals surface area contributed by atoms with Crippen LogP contribution in [0.25, 0.3) is 0 Å². The van der Waals surface area contributed by atoms with E-state index in [1.54, 1.807) is 0 Å². The number of aliphatic hydroxyl groups is 1. The number of aliphatic hydroxyl groups excluding tert-OH is 1. The minimum atomic E-state index is -0.729. The molecule has 0 spiro atoms. The van der Waals surface area contributed by atoms with Crippen molar-refractivity contribution >= 4 is 5.91 Å². The van der Waals surface area contributed by atoms with Gasteiger partial charge >= 0.3 is 0 Å². The first-order chi connectivity index (χ1) is 10.3. The Morgan fingerprint density at radius 2 is 1.73 bits per heavy atom. The molecule has 0 aliphatic heterocycles. The maximum Gasteiger partial charge on any atom is 0.226 e. The third-order valence-corrected chi connectivity index (χ3v) is 4.57. The Kier molecular flexibility index (Phi) is 6.88. The smallest absolute Gasteiger partial charge is 0.226 e. The molecule has 0 heterocycles. The van der Waals surface area contributed by atoms with Crippen LogP contribution in [0.2, 0.25) is 0 Å². The van der Waals surface area contributed by atoms with E-state index < -0.39 is 11.5 Å². The van der Waals surface area contributed by atoms with E-state index >= 15 is 0 Å². The second-order valence-electron chi connectivity index (χ2n) is 6.58. The first-order valence-corrected chi connectivity index (χ1v) is 7.92. The Hall–Kier alpha value is -1.55. The van der Waals surface area contributed by atoms with E-state index in [1.807, 2.05) is 37.3 Å². The Morgan fingerprint density at radius 3 is 2.23 bits per heavy atom. The predicted octanol–water partition coefficient (Wildman–Crippen LogP) is 2.86. The molecule has 0 radical (unpaired) electrons. The zero-order valence-corrected chi connectivity index (χ0v) is 14.3. The van der Waals surface area contributed by atoms with Crippen LogP contribution in [0, 0.1) is 17.3 Å². The molecule has 0 aliphatic carbocycles. The van der Waals surface area contributed by atoms with Crippen molar-refractivity contribution in [2.75, 3.05) is 13.2 Å². The highest BCUT2D eigenvalue weighted by atomic mass is 16.5. The molecule has 0 aliphatic rings. The lowest BCUT2D eigenvalue weighted by atomic mass is 9.70. The lowest BCUT2D eigenvalue weighted by Gasteiger charge is -2.36. The van der Waals surface area contributed by atoms with Gasteiger partial charge in [0.2, 0.25) is 5.91 Å². The molecular formula is C18H29NO3. The lowest BCUT2D eigenvalue weighted by Crippen LogP contribution is -2.48. The highest BCUT2D eigenvalue weighted by molar-refractivity contribution is 5.82. The van der Waals surface area contributed by atoms with E-state index in [0.717, 1.165) is 0 Å². The molecule has 0 bridgehead atoms. The van der Waals surface area contributed by atoms with Crippen LogP contribution < -0.4 is 10.1 Å². The van der Waals surface area contributed by atoms with Gasteiger partial charge < -0.3 is 15.2 Å². The minimum Gasteiger partial charge on any atom is -0.491 e. The number of hydrogen-bond donors (Lipinski definition) is 2. The fraction of sp³-hybridized carbons (Fsp3) is 0.611. The lowest BCUT2D eigenvalue weighted by molar-refractivity contribution is -0.136. The highest BCUT2D eigenvalue weighted by Crippen LogP contribution is 2.35. The van der Waals surface area contributed by atoms with E-state index in [1.165, 1.54) is 0 Å². The summed E-state index contributed by atoms with van der Waals surface area (Å²) in [6.45, 7) is 10.5. The first-order valence-electron chi connectivity index (χ1n) is 7.92. The molecule has 1 aromatic rings. The number of para-hydroxylation sites is 1. The second-order valence-corrected chi connectivity index (χ2v) is 6.58. The molecule has 124 valence electrons. The zero-order valence-electron chi connectivity index (χ0n) is 14.3. The van der Waals surface area contributed by atoms with Crippen molar-refractivity contribution in [3.05, 3.63) is 30.3 Å². The van der Waals surface area contributed by atoms with Gasteiger partial charge in [0.1, 0.15) is 18.5 Å². The maximum atomic E-state index is 12.5. The van der Waals surface area contributed by atoms with Gasteiger partial charge in [-0.2, -0.15) is 0 Å². The summed E-state index contributed by atoms with van der Waals surface area (Å²) in [4.78, 5) is 12.5. The standard InChI is InChI=1S/C18H29NO3/c1-13(2)18(5,14(3)4)17(21)19-11-15(20)12-22-16-9-7-6-8-10-16/h6-10,13-15,20H,11-12H2,1-5H3,(H,19,21). The molecule has 0 fully saturated rings. The summed E-state index contributed by atoms with van der Waals surface area (Å²) in [5.74, 6) is 1.15. The molecule has 1 rings (SSSR count). The van der Waals surface area contributed by atoms with Crippen LogP contribution in [-0.4, -0.2) is 30.3 Å². The number of nitrogens with one attached hydrogen (secondary N) is 1. The summed E-state index contributed by atoms with van der Waals surface area (Å²) in [6.07, 6.45) is -0.729. The summed E-state index contributed by atoms with van der Waals surface area (Å²) in [7, 11) is 0. The van der Waals surface area contributed by atoms with E-state index in [0.29, 0.717) is 5.75 Å². The number of hydrogen-bond acceptors (Lipinski definition) is 3. The van der Waals surface area contributed by atoms with E-state index in [9.17, 15) is 9.90 Å². The predicted molar refractivity (Wildman–Crippen MR) is 88.7 cm³/mol. The summed E-state index contributed by atoms with van der Waals surface area (Å²) >= 11 is 0. The van der Waals surface area contributed by atoms with E-state index in [2.05, 4.69) is 33.0 Å². The Balaban J connectivity index is 2.46. The molecule has 0 aromatic heterocycles. The molecule has 1 atom stereocenters. The molecule has 0 saturated carbocycles. The molecule has 1 unspecified atom stereocenters. The number of rotatable bonds is 8. The fourth-order valence-electron chi connectivity index (χ4n) is 2.36. The van der Waals surface area contributed by atoms with Gasteiger partial charge in [0.05, 0.1) is 5.41 Å². The third kappa shape index (κ3) is 4.73. The molecule has 4 nitrogen and oxygen atoms in total. The highest BCUT2D eigenvalue weighted by Gasteiger charge is 2.39. The average Bonchev–Trinajstić information content (AvgIpc) is 2.50. The summed E-state index contributed by atoms with van der Waals surface area (Å²) in [5.41, 5.74) is -0.444. The minimum absolute atomic E-state index is 0.0174. The van der Waals surface area contributed by atoms with Gasteiger partial charge in [-0.25, -0.2) is 0 Å². The Morgan fingerprint density at radius 1 is 1.18 bits per heavy atom. The number of carbonyl (C=O) groups excluding carboxylic acids is 1. The van der Waals surface area contributed by atoms with Gasteiger partial charge in [-0.1, -0.05) is 52.8 Å². The van der Waals surface area contributed by atoms with Crippen molar-refractivity contribution in [2.45, 2.75) is 40.7 Å². The normalized spacial score (nSPS) is 13.3. The van der Waals surface area contributed by atoms with Crippen molar-refractivity contribution in [2.24, 2.45) is 17.3 Å². The molecule has 0 saturated heterocycles. The van der Waals surface area contributed by atoms with Crippen molar-refractivity contribution in [3.8, 4) is 5.75 Å². The van der Waals surface area contributed by atoms with Crippen LogP contribution in [0.5, 0.6) is 5.75 Å². The maximum absolute atomic E-state index is 12.5. The largest absolute Gasteiger partial charge is 0.491 e. The third-order valence-electron chi connectivity index (χ3n) is 4.57. The second kappa shape index (κ2) is 8.18. The topological polar surface area (TPSA) is 58.6 Å². The van der Waals surface area contributed by atoms with Crippen LogP contribution >= 0.6 is 0 Å². The van der Waals surface area contributed by atoms with Gasteiger partial charge in [-0.15, -0.1) is 0 Å². The van der Waals surface area contributed by atoms with E-state index in [-0.39, 0.29) is 30.9 Å². The number of amides is 1. The first kappa shape index (κ1) is 18.5. The fourth-order valence-corrected chi connectivity index (χ4v) is 2.36. The summed E-state index contributed by atoms with van der Waals surface area (Å²) in [6, 6.07) is 9.32. The molecule has 2 N–H and O–H groups in total. The number of ether oxygens (including phenoxy) is 1. The van der Waals surface area contributed by atoms with Crippen LogP contribution in [0.1, 0.15) is 34.6 Å². The monoisotopic (exact) mass is 307 g/mol. The number of benzene rings is 1. The van der Waals surface area contributed by atoms with E-state index in [4.69, 9.17) is 4.74 Å². The van der Waals surface area contributed by atoms with Crippen LogP contribution in [-0.2, 0) is 4.79 Å². The molecule has 1 amide bonds. The molecular weight excluding hydrogens is 278 g/mol. The van der Waals surface area contributed by atoms with Crippen LogP contribution in [0.4, 0.5) is 0 Å². The summed E-state index contributed by atoms with van der Waals surface area (Å²) in [5, 5.41) is 12.8. The molecule has 4 heteroatoms. The molecule has 22 heavy (non-hydrogen) atoms. The zero-order chi connectivity index (χ0) is 16.8. The van der Waals surface area contributed by atoms with Crippen LogP contribution in [0.15, 0.2) is 30.3 Å². The van der Waals surface area contributed by atoms with Crippen LogP contribution in [0.3, 0.4) is 0 Å². The van der Waals surface area contributed by atoms with Gasteiger partial charge in [0.15, 0.2) is 0 Å². The van der Waals surface area contributed by atoms with Crippen molar-refractivity contribution in [1.82, 2.24) is 5.32 Å². The van der Waals surface area contributed by atoms with Gasteiger partial charge in [0.25, 0.3) is 0 Å². The number of carbonyl (C=O) groups is 1. The van der Waals surface area contributed by atoms with Crippen molar-refractivity contribution in [1.29, 1.82) is 0 Å². The summed E-state index contributed by atoms with van der Waals surface area (Å²) < 4.78 is 5.48. The van der Waals surface area contributed by atoms with Gasteiger partial charge in [-0.05, 0) is 24.0 Å². The van der Waals surface area contributed by atoms with Gasteiger partial charge in [-0.3, -0.25) is 4.79 Å². The van der Waals surface area contributed by atoms with Crippen molar-refractivity contribution < 1.29 is 14.6 Å². The SMILES string of the molecule is CC(C)C(C)(C(=O)NCC(O)COc1ccccc1)C(C)C. The Labute approximate surface area is 133 Å². The average molecular weight is 307 g/mol. The molecule has 1 aromatic carbocycles. The van der Waals surface area contributed by atoms with Gasteiger partial charge in [0, 0.05) is 6.54 Å². The van der Waals surface area contributed by atoms with Crippen molar-refractivity contribution in [3.63, 3.8) is 0 Å².